The van der Waals surface area contributed by atoms with Gasteiger partial charge in [-0.05, 0) is 43.7 Å². The van der Waals surface area contributed by atoms with Crippen molar-refractivity contribution >= 4 is 17.8 Å². The van der Waals surface area contributed by atoms with Gasteiger partial charge >= 0.3 is 5.97 Å². The number of amides is 2. The van der Waals surface area contributed by atoms with Gasteiger partial charge in [0.1, 0.15) is 6.54 Å². The van der Waals surface area contributed by atoms with Gasteiger partial charge in [-0.15, -0.1) is 0 Å². The zero-order valence-corrected chi connectivity index (χ0v) is 15.0. The molecule has 2 amide bonds. The van der Waals surface area contributed by atoms with Crippen LogP contribution in [0.25, 0.3) is 0 Å². The zero-order valence-electron chi connectivity index (χ0n) is 15.0. The molecule has 1 aromatic carbocycles. The van der Waals surface area contributed by atoms with E-state index in [0.29, 0.717) is 17.5 Å². The van der Waals surface area contributed by atoms with E-state index in [1.165, 1.54) is 19.3 Å². The Morgan fingerprint density at radius 3 is 2.58 bits per heavy atom. The van der Waals surface area contributed by atoms with Crippen LogP contribution in [0.3, 0.4) is 0 Å². The third-order valence-corrected chi connectivity index (χ3v) is 5.35. The molecule has 0 unspecified atom stereocenters. The quantitative estimate of drug-likeness (QED) is 0.818. The van der Waals surface area contributed by atoms with Gasteiger partial charge in [-0.3, -0.25) is 14.4 Å². The van der Waals surface area contributed by atoms with Crippen LogP contribution in [0.4, 0.5) is 0 Å². The first-order valence-electron chi connectivity index (χ1n) is 9.43. The molecule has 1 aliphatic heterocycles. The lowest BCUT2D eigenvalue weighted by Crippen LogP contribution is -2.51. The van der Waals surface area contributed by atoms with Crippen LogP contribution >= 0.6 is 0 Å². The third kappa shape index (κ3) is 4.62. The lowest BCUT2D eigenvalue weighted by atomic mass is 9.78. The number of esters is 1. The van der Waals surface area contributed by atoms with Crippen LogP contribution in [-0.2, 0) is 14.3 Å². The maximum atomic E-state index is 12.5. The number of benzene rings is 1. The van der Waals surface area contributed by atoms with Crippen molar-refractivity contribution in [3.05, 3.63) is 35.9 Å². The van der Waals surface area contributed by atoms with E-state index in [1.54, 1.807) is 24.3 Å². The molecule has 0 bridgehead atoms. The van der Waals surface area contributed by atoms with Gasteiger partial charge in [0.05, 0.1) is 0 Å². The number of hydrogen-bond acceptors (Lipinski definition) is 4. The molecular formula is C20H26N2O4. The van der Waals surface area contributed by atoms with Gasteiger partial charge in [0.15, 0.2) is 6.61 Å². The number of rotatable bonds is 5. The molecule has 2 atom stereocenters. The zero-order chi connectivity index (χ0) is 18.4. The molecule has 2 fully saturated rings. The second kappa shape index (κ2) is 8.83. The molecule has 140 valence electrons. The van der Waals surface area contributed by atoms with Gasteiger partial charge in [-0.25, -0.2) is 0 Å². The van der Waals surface area contributed by atoms with Crippen molar-refractivity contribution in [2.45, 2.75) is 44.6 Å². The summed E-state index contributed by atoms with van der Waals surface area (Å²) in [7, 11) is 0. The van der Waals surface area contributed by atoms with Gasteiger partial charge in [0.2, 0.25) is 0 Å². The number of hydrogen-bond donors (Lipinski definition) is 1. The number of carbonyl (C=O) groups excluding carboxylic acids is 3. The lowest BCUT2D eigenvalue weighted by molar-refractivity contribution is -0.154. The highest BCUT2D eigenvalue weighted by molar-refractivity contribution is 5.96. The summed E-state index contributed by atoms with van der Waals surface area (Å²) in [6.07, 6.45) is 6.88. The molecule has 0 radical (unpaired) electrons. The molecule has 3 rings (SSSR count). The minimum absolute atomic E-state index is 0.121. The molecule has 6 nitrogen and oxygen atoms in total. The summed E-state index contributed by atoms with van der Waals surface area (Å²) >= 11 is 0. The summed E-state index contributed by atoms with van der Waals surface area (Å²) in [4.78, 5) is 38.1. The van der Waals surface area contributed by atoms with Crippen molar-refractivity contribution in [3.8, 4) is 0 Å². The van der Waals surface area contributed by atoms with E-state index in [9.17, 15) is 14.4 Å². The monoisotopic (exact) mass is 358 g/mol. The maximum Gasteiger partial charge on any atom is 0.325 e. The molecule has 6 heteroatoms. The largest absolute Gasteiger partial charge is 0.454 e. The van der Waals surface area contributed by atoms with Crippen LogP contribution in [-0.4, -0.2) is 48.4 Å². The minimum atomic E-state index is -0.597. The van der Waals surface area contributed by atoms with Gasteiger partial charge < -0.3 is 15.0 Å². The van der Waals surface area contributed by atoms with Crippen LogP contribution < -0.4 is 5.32 Å². The van der Waals surface area contributed by atoms with Crippen molar-refractivity contribution in [1.82, 2.24) is 10.2 Å². The SMILES string of the molecule is O=C(CNC(=O)c1ccccc1)OCC(=O)N1CCC[C@@H]2CCCC[C@H]21. The Kier molecular flexibility index (Phi) is 6.26. The topological polar surface area (TPSA) is 75.7 Å². The molecule has 1 saturated carbocycles. The van der Waals surface area contributed by atoms with Crippen LogP contribution in [0.15, 0.2) is 30.3 Å². The van der Waals surface area contributed by atoms with Crippen molar-refractivity contribution in [3.63, 3.8) is 0 Å². The highest BCUT2D eigenvalue weighted by atomic mass is 16.5. The first kappa shape index (κ1) is 18.4. The van der Waals surface area contributed by atoms with Crippen molar-refractivity contribution in [2.75, 3.05) is 19.7 Å². The molecule has 26 heavy (non-hydrogen) atoms. The van der Waals surface area contributed by atoms with E-state index in [1.807, 2.05) is 11.0 Å². The molecule has 1 N–H and O–H groups in total. The Hall–Kier alpha value is -2.37. The third-order valence-electron chi connectivity index (χ3n) is 5.35. The van der Waals surface area contributed by atoms with E-state index in [0.717, 1.165) is 25.8 Å². The van der Waals surface area contributed by atoms with Gasteiger partial charge in [0, 0.05) is 18.2 Å². The molecule has 0 aromatic heterocycles. The molecule has 1 saturated heterocycles. The maximum absolute atomic E-state index is 12.5. The highest BCUT2D eigenvalue weighted by Crippen LogP contribution is 2.35. The Balaban J connectivity index is 1.42. The number of fused-ring (bicyclic) bond motifs is 1. The van der Waals surface area contributed by atoms with Gasteiger partial charge in [-0.2, -0.15) is 0 Å². The van der Waals surface area contributed by atoms with Crippen LogP contribution in [0, 0.1) is 5.92 Å². The Morgan fingerprint density at radius 1 is 1.04 bits per heavy atom. The van der Waals surface area contributed by atoms with Crippen molar-refractivity contribution < 1.29 is 19.1 Å². The van der Waals surface area contributed by atoms with Crippen LogP contribution in [0.5, 0.6) is 0 Å². The summed E-state index contributed by atoms with van der Waals surface area (Å²) in [5, 5.41) is 2.51. The summed E-state index contributed by atoms with van der Waals surface area (Å²) in [6, 6.07) is 8.96. The van der Waals surface area contributed by atoms with E-state index >= 15 is 0 Å². The lowest BCUT2D eigenvalue weighted by Gasteiger charge is -2.44. The number of nitrogens with zero attached hydrogens (tertiary/aromatic N) is 1. The summed E-state index contributed by atoms with van der Waals surface area (Å²) in [5.41, 5.74) is 0.480. The van der Waals surface area contributed by atoms with Crippen LogP contribution in [0.2, 0.25) is 0 Å². The van der Waals surface area contributed by atoms with Crippen molar-refractivity contribution in [1.29, 1.82) is 0 Å². The molecule has 1 heterocycles. The first-order chi connectivity index (χ1) is 12.6. The Labute approximate surface area is 153 Å². The molecule has 1 aliphatic carbocycles. The fraction of sp³-hybridized carbons (Fsp3) is 0.550. The van der Waals surface area contributed by atoms with E-state index in [-0.39, 0.29) is 25.0 Å². The van der Waals surface area contributed by atoms with E-state index in [4.69, 9.17) is 4.74 Å². The van der Waals surface area contributed by atoms with Gasteiger partial charge in [-0.1, -0.05) is 31.0 Å². The average molecular weight is 358 g/mol. The van der Waals surface area contributed by atoms with Crippen LogP contribution in [0.1, 0.15) is 48.9 Å². The smallest absolute Gasteiger partial charge is 0.325 e. The summed E-state index contributed by atoms with van der Waals surface area (Å²) in [6.45, 7) is 0.263. The first-order valence-corrected chi connectivity index (χ1v) is 9.43. The number of likely N-dealkylation sites (tertiary alicyclic amines) is 1. The summed E-state index contributed by atoms with van der Waals surface area (Å²) < 4.78 is 5.08. The second-order valence-electron chi connectivity index (χ2n) is 7.05. The predicted molar refractivity (Wildman–Crippen MR) is 96.4 cm³/mol. The van der Waals surface area contributed by atoms with Gasteiger partial charge in [0.25, 0.3) is 11.8 Å². The fourth-order valence-electron chi connectivity index (χ4n) is 4.05. The minimum Gasteiger partial charge on any atom is -0.454 e. The average Bonchev–Trinajstić information content (AvgIpc) is 2.70. The molecular weight excluding hydrogens is 332 g/mol. The number of ether oxygens (including phenoxy) is 1. The Bertz CT molecular complexity index is 644. The van der Waals surface area contributed by atoms with Crippen molar-refractivity contribution in [2.24, 2.45) is 5.92 Å². The molecule has 0 spiro atoms. The predicted octanol–water partition coefficient (Wildman–Crippen LogP) is 2.14. The standard InChI is InChI=1S/C20H26N2O4/c23-18(22-12-6-10-15-7-4-5-11-17(15)22)14-26-19(24)13-21-20(25)16-8-2-1-3-9-16/h1-3,8-9,15,17H,4-7,10-14H2,(H,21,25)/t15-,17+/m0/s1. The van der Waals surface area contributed by atoms with E-state index < -0.39 is 5.97 Å². The number of piperidine rings is 1. The Morgan fingerprint density at radius 2 is 1.77 bits per heavy atom. The molecule has 1 aromatic rings. The number of nitrogens with one attached hydrogen (secondary N) is 1. The fourth-order valence-corrected chi connectivity index (χ4v) is 4.05. The summed E-state index contributed by atoms with van der Waals surface area (Å²) in [5.74, 6) is -0.457. The second-order valence-corrected chi connectivity index (χ2v) is 7.05. The normalized spacial score (nSPS) is 22.2. The number of carbonyl (C=O) groups is 3. The highest BCUT2D eigenvalue weighted by Gasteiger charge is 2.35. The molecule has 2 aliphatic rings. The van der Waals surface area contributed by atoms with E-state index in [2.05, 4.69) is 5.32 Å².